The molecule has 2 N–H and O–H groups in total. The van der Waals surface area contributed by atoms with Crippen LogP contribution in [0.5, 0.6) is 0 Å². The molecule has 0 aromatic heterocycles. The molecule has 0 radical (unpaired) electrons. The van der Waals surface area contributed by atoms with Gasteiger partial charge in [0.25, 0.3) is 0 Å². The molecule has 1 aliphatic heterocycles. The van der Waals surface area contributed by atoms with Gasteiger partial charge in [-0.05, 0) is 31.7 Å². The van der Waals surface area contributed by atoms with Crippen molar-refractivity contribution in [1.82, 2.24) is 15.5 Å². The summed E-state index contributed by atoms with van der Waals surface area (Å²) >= 11 is 0. The second-order valence-corrected chi connectivity index (χ2v) is 6.98. The molecule has 1 unspecified atom stereocenters. The highest BCUT2D eigenvalue weighted by Crippen LogP contribution is 2.26. The van der Waals surface area contributed by atoms with Crippen LogP contribution in [0.25, 0.3) is 0 Å². The van der Waals surface area contributed by atoms with Gasteiger partial charge in [-0.25, -0.2) is 0 Å². The predicted molar refractivity (Wildman–Crippen MR) is 112 cm³/mol. The molecule has 1 aliphatic carbocycles. The fourth-order valence-corrected chi connectivity index (χ4v) is 3.90. The molecule has 134 valence electrons. The van der Waals surface area contributed by atoms with Crippen molar-refractivity contribution in [1.29, 1.82) is 0 Å². The third-order valence-electron chi connectivity index (χ3n) is 5.17. The number of hydrogen-bond donors (Lipinski definition) is 2. The third-order valence-corrected chi connectivity index (χ3v) is 5.17. The van der Waals surface area contributed by atoms with Crippen molar-refractivity contribution in [2.45, 2.75) is 57.7 Å². The Balaban J connectivity index is 0.00000208. The van der Waals surface area contributed by atoms with E-state index in [4.69, 9.17) is 0 Å². The average molecular weight is 442 g/mol. The molecule has 1 heterocycles. The van der Waals surface area contributed by atoms with E-state index in [0.717, 1.165) is 25.1 Å². The third kappa shape index (κ3) is 5.34. The lowest BCUT2D eigenvalue weighted by molar-refractivity contribution is 0.242. The summed E-state index contributed by atoms with van der Waals surface area (Å²) in [7, 11) is 1.86. The molecule has 1 saturated carbocycles. The summed E-state index contributed by atoms with van der Waals surface area (Å²) in [5, 5.41) is 7.05. The fraction of sp³-hybridized carbons (Fsp3) is 0.632. The summed E-state index contributed by atoms with van der Waals surface area (Å²) in [6.07, 6.45) is 6.85. The number of hydrogen-bond acceptors (Lipinski definition) is 2. The number of nitrogens with zero attached hydrogens (tertiary/aromatic N) is 2. The Morgan fingerprint density at radius 1 is 1.25 bits per heavy atom. The van der Waals surface area contributed by atoms with Crippen LogP contribution in [0, 0.1) is 6.92 Å². The summed E-state index contributed by atoms with van der Waals surface area (Å²) in [6, 6.07) is 9.98. The molecule has 0 bridgehead atoms. The van der Waals surface area contributed by atoms with Crippen molar-refractivity contribution >= 4 is 29.9 Å². The molecule has 2 fully saturated rings. The van der Waals surface area contributed by atoms with Crippen LogP contribution in [-0.2, 0) is 6.54 Å². The standard InChI is InChI=1S/C19H30N4.HI/c1-15-6-5-7-16(12-15)13-21-19(20-2)22-17-10-11-23(14-17)18-8-3-4-9-18;/h5-7,12,17-18H,3-4,8-11,13-14H2,1-2H3,(H2,20,21,22);1H. The van der Waals surface area contributed by atoms with E-state index in [1.165, 1.54) is 49.8 Å². The highest BCUT2D eigenvalue weighted by atomic mass is 127. The normalized spacial score (nSPS) is 22.4. The van der Waals surface area contributed by atoms with Crippen molar-refractivity contribution in [3.8, 4) is 0 Å². The molecular formula is C19H31IN4. The first-order valence-electron chi connectivity index (χ1n) is 9.01. The monoisotopic (exact) mass is 442 g/mol. The van der Waals surface area contributed by atoms with Gasteiger partial charge in [0.05, 0.1) is 0 Å². The van der Waals surface area contributed by atoms with Crippen LogP contribution in [0.4, 0.5) is 0 Å². The van der Waals surface area contributed by atoms with E-state index < -0.39 is 0 Å². The van der Waals surface area contributed by atoms with Crippen molar-refractivity contribution < 1.29 is 0 Å². The Kier molecular flexibility index (Phi) is 7.81. The van der Waals surface area contributed by atoms with E-state index in [1.54, 1.807) is 0 Å². The van der Waals surface area contributed by atoms with Crippen LogP contribution in [0.2, 0.25) is 0 Å². The number of halogens is 1. The molecule has 3 rings (SSSR count). The first-order valence-corrected chi connectivity index (χ1v) is 9.01. The van der Waals surface area contributed by atoms with Crippen LogP contribution in [0.15, 0.2) is 29.3 Å². The lowest BCUT2D eigenvalue weighted by Gasteiger charge is -2.24. The molecule has 1 aromatic carbocycles. The van der Waals surface area contributed by atoms with E-state index in [2.05, 4.69) is 51.7 Å². The van der Waals surface area contributed by atoms with Gasteiger partial charge in [0, 0.05) is 38.8 Å². The van der Waals surface area contributed by atoms with Crippen molar-refractivity contribution in [2.24, 2.45) is 4.99 Å². The lowest BCUT2D eigenvalue weighted by Crippen LogP contribution is -2.45. The minimum atomic E-state index is 0. The summed E-state index contributed by atoms with van der Waals surface area (Å²) in [6.45, 7) is 5.35. The van der Waals surface area contributed by atoms with E-state index in [1.807, 2.05) is 7.05 Å². The summed E-state index contributed by atoms with van der Waals surface area (Å²) in [4.78, 5) is 7.07. The highest BCUT2D eigenvalue weighted by Gasteiger charge is 2.30. The number of rotatable bonds is 4. The van der Waals surface area contributed by atoms with Crippen molar-refractivity contribution in [3.63, 3.8) is 0 Å². The Labute approximate surface area is 163 Å². The average Bonchev–Trinajstić information content (AvgIpc) is 3.22. The number of benzene rings is 1. The van der Waals surface area contributed by atoms with Gasteiger partial charge in [-0.1, -0.05) is 42.7 Å². The topological polar surface area (TPSA) is 39.7 Å². The molecule has 2 aliphatic rings. The quantitative estimate of drug-likeness (QED) is 0.427. The SMILES string of the molecule is CN=C(NCc1cccc(C)c1)NC1CCN(C2CCCC2)C1.I. The van der Waals surface area contributed by atoms with Gasteiger partial charge < -0.3 is 10.6 Å². The number of nitrogens with one attached hydrogen (secondary N) is 2. The second-order valence-electron chi connectivity index (χ2n) is 6.98. The van der Waals surface area contributed by atoms with Crippen molar-refractivity contribution in [3.05, 3.63) is 35.4 Å². The molecule has 24 heavy (non-hydrogen) atoms. The zero-order chi connectivity index (χ0) is 16.1. The van der Waals surface area contributed by atoms with Crippen LogP contribution in [0.1, 0.15) is 43.2 Å². The summed E-state index contributed by atoms with van der Waals surface area (Å²) in [5.74, 6) is 0.921. The molecule has 0 amide bonds. The Morgan fingerprint density at radius 2 is 2.04 bits per heavy atom. The number of aryl methyl sites for hydroxylation is 1. The van der Waals surface area contributed by atoms with Gasteiger partial charge in [-0.2, -0.15) is 0 Å². The molecule has 4 nitrogen and oxygen atoms in total. The van der Waals surface area contributed by atoms with Gasteiger partial charge in [0.15, 0.2) is 5.96 Å². The van der Waals surface area contributed by atoms with Crippen LogP contribution < -0.4 is 10.6 Å². The Bertz CT molecular complexity index is 540. The first-order chi connectivity index (χ1) is 11.2. The van der Waals surface area contributed by atoms with E-state index in [0.29, 0.717) is 6.04 Å². The minimum Gasteiger partial charge on any atom is -0.352 e. The number of aliphatic imine (C=N–C) groups is 1. The molecule has 1 saturated heterocycles. The van der Waals surface area contributed by atoms with Gasteiger partial charge in [0.2, 0.25) is 0 Å². The molecular weight excluding hydrogens is 411 g/mol. The van der Waals surface area contributed by atoms with E-state index in [9.17, 15) is 0 Å². The maximum atomic E-state index is 4.39. The van der Waals surface area contributed by atoms with Gasteiger partial charge >= 0.3 is 0 Å². The van der Waals surface area contributed by atoms with Crippen LogP contribution >= 0.6 is 24.0 Å². The summed E-state index contributed by atoms with van der Waals surface area (Å²) in [5.41, 5.74) is 2.60. The zero-order valence-electron chi connectivity index (χ0n) is 14.9. The smallest absolute Gasteiger partial charge is 0.191 e. The molecule has 0 spiro atoms. The minimum absolute atomic E-state index is 0. The molecule has 5 heteroatoms. The van der Waals surface area contributed by atoms with Crippen LogP contribution in [-0.4, -0.2) is 43.1 Å². The summed E-state index contributed by atoms with van der Waals surface area (Å²) < 4.78 is 0. The van der Waals surface area contributed by atoms with Gasteiger partial charge in [-0.3, -0.25) is 9.89 Å². The lowest BCUT2D eigenvalue weighted by atomic mass is 10.1. The van der Waals surface area contributed by atoms with Crippen molar-refractivity contribution in [2.75, 3.05) is 20.1 Å². The largest absolute Gasteiger partial charge is 0.352 e. The Hall–Kier alpha value is -0.820. The maximum absolute atomic E-state index is 4.39. The maximum Gasteiger partial charge on any atom is 0.191 e. The first kappa shape index (κ1) is 19.5. The fourth-order valence-electron chi connectivity index (χ4n) is 3.90. The van der Waals surface area contributed by atoms with Crippen LogP contribution in [0.3, 0.4) is 0 Å². The van der Waals surface area contributed by atoms with E-state index >= 15 is 0 Å². The number of likely N-dealkylation sites (tertiary alicyclic amines) is 1. The zero-order valence-corrected chi connectivity index (χ0v) is 17.3. The van der Waals surface area contributed by atoms with E-state index in [-0.39, 0.29) is 24.0 Å². The number of guanidine groups is 1. The second kappa shape index (κ2) is 9.61. The molecule has 1 atom stereocenters. The highest BCUT2D eigenvalue weighted by molar-refractivity contribution is 14.0. The van der Waals surface area contributed by atoms with Gasteiger partial charge in [0.1, 0.15) is 0 Å². The predicted octanol–water partition coefficient (Wildman–Crippen LogP) is 3.29. The van der Waals surface area contributed by atoms with Gasteiger partial charge in [-0.15, -0.1) is 24.0 Å². The Morgan fingerprint density at radius 3 is 2.75 bits per heavy atom. The molecule has 1 aromatic rings.